The van der Waals surface area contributed by atoms with Gasteiger partial charge in [-0.25, -0.2) is 13.4 Å². The van der Waals surface area contributed by atoms with E-state index in [9.17, 15) is 8.42 Å². The molecule has 0 aliphatic carbocycles. The first-order valence-electron chi connectivity index (χ1n) is 4.99. The summed E-state index contributed by atoms with van der Waals surface area (Å²) in [4.78, 5) is 3.78. The van der Waals surface area contributed by atoms with Gasteiger partial charge in [-0.1, -0.05) is 16.8 Å². The largest absolute Gasteiger partial charge is 0.361 e. The number of pyridine rings is 1. The molecular formula is C10H10ClN3O3S. The molecule has 0 bridgehead atoms. The van der Waals surface area contributed by atoms with Crippen LogP contribution in [0.5, 0.6) is 0 Å². The molecule has 0 spiro atoms. The van der Waals surface area contributed by atoms with Crippen LogP contribution in [0.1, 0.15) is 11.5 Å². The van der Waals surface area contributed by atoms with E-state index < -0.39 is 10.0 Å². The molecule has 6 nitrogen and oxygen atoms in total. The van der Waals surface area contributed by atoms with Crippen LogP contribution in [0.15, 0.2) is 28.9 Å². The van der Waals surface area contributed by atoms with E-state index in [4.69, 9.17) is 16.1 Å². The van der Waals surface area contributed by atoms with Crippen LogP contribution in [0.3, 0.4) is 0 Å². The van der Waals surface area contributed by atoms with Gasteiger partial charge in [-0.05, 0) is 19.1 Å². The van der Waals surface area contributed by atoms with Gasteiger partial charge in [0.2, 0.25) is 10.0 Å². The lowest BCUT2D eigenvalue weighted by Gasteiger charge is -2.05. The Kier molecular flexibility index (Phi) is 3.53. The Bertz CT molecular complexity index is 637. The molecular weight excluding hydrogens is 278 g/mol. The van der Waals surface area contributed by atoms with Crippen molar-refractivity contribution in [3.63, 3.8) is 0 Å². The summed E-state index contributed by atoms with van der Waals surface area (Å²) in [7, 11) is -3.54. The fraction of sp³-hybridized carbons (Fsp3) is 0.200. The van der Waals surface area contributed by atoms with Crippen molar-refractivity contribution in [2.75, 3.05) is 4.72 Å². The highest BCUT2D eigenvalue weighted by Crippen LogP contribution is 2.13. The van der Waals surface area contributed by atoms with Crippen LogP contribution in [-0.2, 0) is 15.8 Å². The maximum absolute atomic E-state index is 11.8. The van der Waals surface area contributed by atoms with Gasteiger partial charge >= 0.3 is 0 Å². The minimum Gasteiger partial charge on any atom is -0.361 e. The second-order valence-corrected chi connectivity index (χ2v) is 5.77. The van der Waals surface area contributed by atoms with Crippen molar-refractivity contribution < 1.29 is 12.9 Å². The third kappa shape index (κ3) is 3.44. The van der Waals surface area contributed by atoms with Crippen molar-refractivity contribution in [2.45, 2.75) is 12.7 Å². The fourth-order valence-corrected chi connectivity index (χ4v) is 2.52. The molecule has 18 heavy (non-hydrogen) atoms. The van der Waals surface area contributed by atoms with Crippen LogP contribution in [0, 0.1) is 6.92 Å². The number of nitrogens with zero attached hydrogens (tertiary/aromatic N) is 2. The van der Waals surface area contributed by atoms with Crippen LogP contribution in [-0.4, -0.2) is 18.6 Å². The number of nitrogens with one attached hydrogen (secondary N) is 1. The maximum atomic E-state index is 11.8. The lowest BCUT2D eigenvalue weighted by molar-refractivity contribution is 0.392. The van der Waals surface area contributed by atoms with E-state index in [0.717, 1.165) is 0 Å². The van der Waals surface area contributed by atoms with Crippen molar-refractivity contribution in [2.24, 2.45) is 0 Å². The van der Waals surface area contributed by atoms with Gasteiger partial charge in [0.05, 0.1) is 11.9 Å². The van der Waals surface area contributed by atoms with Crippen LogP contribution < -0.4 is 4.72 Å². The molecule has 0 aliphatic rings. The van der Waals surface area contributed by atoms with Crippen molar-refractivity contribution in [1.82, 2.24) is 10.1 Å². The number of hydrogen-bond acceptors (Lipinski definition) is 5. The standard InChI is InChI=1S/C10H10ClN3O3S/c1-7-4-9(13-17-7)6-18(15,16)14-8-2-3-10(11)12-5-8/h2-5,14H,6H2,1H3. The first-order valence-corrected chi connectivity index (χ1v) is 7.02. The summed E-state index contributed by atoms with van der Waals surface area (Å²) in [6.07, 6.45) is 1.34. The Labute approximate surface area is 109 Å². The zero-order chi connectivity index (χ0) is 13.2. The molecule has 0 aromatic carbocycles. The predicted octanol–water partition coefficient (Wildman–Crippen LogP) is 1.97. The average Bonchev–Trinajstić information content (AvgIpc) is 2.66. The molecule has 0 radical (unpaired) electrons. The van der Waals surface area contributed by atoms with Crippen molar-refractivity contribution in [3.05, 3.63) is 41.0 Å². The van der Waals surface area contributed by atoms with Gasteiger partial charge in [-0.2, -0.15) is 0 Å². The Hall–Kier alpha value is -1.60. The van der Waals surface area contributed by atoms with Gasteiger partial charge in [0.25, 0.3) is 0 Å². The molecule has 2 heterocycles. The molecule has 0 unspecified atom stereocenters. The van der Waals surface area contributed by atoms with E-state index in [0.29, 0.717) is 22.3 Å². The van der Waals surface area contributed by atoms with Gasteiger partial charge < -0.3 is 4.52 Å². The van der Waals surface area contributed by atoms with Crippen LogP contribution in [0.25, 0.3) is 0 Å². The summed E-state index contributed by atoms with van der Waals surface area (Å²) in [5.74, 6) is 0.306. The molecule has 0 fully saturated rings. The molecule has 96 valence electrons. The van der Waals surface area contributed by atoms with Crippen LogP contribution in [0.4, 0.5) is 5.69 Å². The summed E-state index contributed by atoms with van der Waals surface area (Å²) < 4.78 is 30.8. The van der Waals surface area contributed by atoms with E-state index in [2.05, 4.69) is 14.9 Å². The van der Waals surface area contributed by atoms with Crippen molar-refractivity contribution in [1.29, 1.82) is 0 Å². The minimum atomic E-state index is -3.54. The Balaban J connectivity index is 2.10. The smallest absolute Gasteiger partial charge is 0.238 e. The molecule has 0 amide bonds. The van der Waals surface area contributed by atoms with E-state index in [1.807, 2.05) is 0 Å². The second kappa shape index (κ2) is 4.95. The first kappa shape index (κ1) is 12.8. The summed E-state index contributed by atoms with van der Waals surface area (Å²) in [5.41, 5.74) is 0.696. The third-order valence-corrected chi connectivity index (χ3v) is 3.46. The van der Waals surface area contributed by atoms with Crippen LogP contribution in [0.2, 0.25) is 5.15 Å². The highest BCUT2D eigenvalue weighted by Gasteiger charge is 2.14. The Morgan fingerprint density at radius 2 is 2.22 bits per heavy atom. The SMILES string of the molecule is Cc1cc(CS(=O)(=O)Nc2ccc(Cl)nc2)no1. The Morgan fingerprint density at radius 3 is 2.78 bits per heavy atom. The number of aromatic nitrogens is 2. The molecule has 2 rings (SSSR count). The normalized spacial score (nSPS) is 11.4. The predicted molar refractivity (Wildman–Crippen MR) is 66.7 cm³/mol. The summed E-state index contributed by atoms with van der Waals surface area (Å²) in [6.45, 7) is 1.69. The first-order chi connectivity index (χ1) is 8.44. The summed E-state index contributed by atoms with van der Waals surface area (Å²) in [6, 6.07) is 4.60. The number of aryl methyl sites for hydroxylation is 1. The van der Waals surface area contributed by atoms with Gasteiger partial charge in [0, 0.05) is 6.07 Å². The molecule has 0 saturated heterocycles. The third-order valence-electron chi connectivity index (χ3n) is 2.02. The lowest BCUT2D eigenvalue weighted by Crippen LogP contribution is -2.15. The minimum absolute atomic E-state index is 0.257. The molecule has 1 N–H and O–H groups in total. The molecule has 8 heteroatoms. The highest BCUT2D eigenvalue weighted by atomic mass is 35.5. The van der Waals surface area contributed by atoms with E-state index in [1.165, 1.54) is 18.3 Å². The second-order valence-electron chi connectivity index (χ2n) is 3.66. The quantitative estimate of drug-likeness (QED) is 0.869. The summed E-state index contributed by atoms with van der Waals surface area (Å²) in [5, 5.41) is 3.92. The van der Waals surface area contributed by atoms with Crippen molar-refractivity contribution in [3.8, 4) is 0 Å². The number of anilines is 1. The van der Waals surface area contributed by atoms with Gasteiger partial charge in [0.1, 0.15) is 22.4 Å². The average molecular weight is 288 g/mol. The number of rotatable bonds is 4. The molecule has 2 aromatic heterocycles. The highest BCUT2D eigenvalue weighted by molar-refractivity contribution is 7.91. The molecule has 2 aromatic rings. The van der Waals surface area contributed by atoms with Crippen molar-refractivity contribution >= 4 is 27.3 Å². The topological polar surface area (TPSA) is 85.1 Å². The van der Waals surface area contributed by atoms with E-state index >= 15 is 0 Å². The van der Waals surface area contributed by atoms with E-state index in [-0.39, 0.29) is 5.75 Å². The zero-order valence-electron chi connectivity index (χ0n) is 9.42. The zero-order valence-corrected chi connectivity index (χ0v) is 11.0. The number of hydrogen-bond donors (Lipinski definition) is 1. The monoisotopic (exact) mass is 287 g/mol. The summed E-state index contributed by atoms with van der Waals surface area (Å²) >= 11 is 5.60. The number of halogens is 1. The molecule has 0 saturated carbocycles. The van der Waals surface area contributed by atoms with Gasteiger partial charge in [0.15, 0.2) is 0 Å². The van der Waals surface area contributed by atoms with Gasteiger partial charge in [-0.15, -0.1) is 0 Å². The Morgan fingerprint density at radius 1 is 1.44 bits per heavy atom. The lowest BCUT2D eigenvalue weighted by atomic mass is 10.4. The van der Waals surface area contributed by atoms with E-state index in [1.54, 1.807) is 13.0 Å². The molecule has 0 aliphatic heterocycles. The number of sulfonamides is 1. The van der Waals surface area contributed by atoms with Gasteiger partial charge in [-0.3, -0.25) is 4.72 Å². The fourth-order valence-electron chi connectivity index (χ4n) is 1.33. The maximum Gasteiger partial charge on any atom is 0.238 e. The van der Waals surface area contributed by atoms with Crippen LogP contribution >= 0.6 is 11.6 Å². The molecule has 0 atom stereocenters.